The van der Waals surface area contributed by atoms with Gasteiger partial charge in [-0.1, -0.05) is 18.7 Å². The van der Waals surface area contributed by atoms with E-state index in [1.165, 1.54) is 11.8 Å². The van der Waals surface area contributed by atoms with E-state index in [0.29, 0.717) is 24.7 Å². The molecule has 8 heteroatoms. The van der Waals surface area contributed by atoms with Gasteiger partial charge in [-0.05, 0) is 30.8 Å². The van der Waals surface area contributed by atoms with Gasteiger partial charge < -0.3 is 10.1 Å². The van der Waals surface area contributed by atoms with Gasteiger partial charge in [-0.3, -0.25) is 4.79 Å². The summed E-state index contributed by atoms with van der Waals surface area (Å²) in [5.41, 5.74) is 0. The predicted octanol–water partition coefficient (Wildman–Crippen LogP) is 0.326. The van der Waals surface area contributed by atoms with E-state index in [1.54, 1.807) is 11.6 Å². The molecule has 1 heterocycles. The topological polar surface area (TPSA) is 81.9 Å². The third kappa shape index (κ3) is 4.26. The van der Waals surface area contributed by atoms with Crippen LogP contribution in [-0.4, -0.2) is 51.6 Å². The average Bonchev–Trinajstić information content (AvgIpc) is 2.80. The lowest BCUT2D eigenvalue weighted by Gasteiger charge is -2.12. The molecule has 0 saturated carbocycles. The first-order valence-electron chi connectivity index (χ1n) is 5.96. The highest BCUT2D eigenvalue weighted by Gasteiger charge is 2.22. The largest absolute Gasteiger partial charge is 0.465 e. The van der Waals surface area contributed by atoms with Gasteiger partial charge in [0.25, 0.3) is 0 Å². The standard InChI is InChI=1S/C10H19N5O2S/c1-4-8(9(16)17-5-2)18-10-12-13-14-15(10)7-6-11-3/h8,11H,4-7H2,1-3H3. The van der Waals surface area contributed by atoms with E-state index in [-0.39, 0.29) is 11.2 Å². The molecule has 7 nitrogen and oxygen atoms in total. The van der Waals surface area contributed by atoms with E-state index in [2.05, 4.69) is 20.8 Å². The van der Waals surface area contributed by atoms with Crippen molar-refractivity contribution in [2.45, 2.75) is 37.2 Å². The molecule has 18 heavy (non-hydrogen) atoms. The minimum Gasteiger partial charge on any atom is -0.465 e. The predicted molar refractivity (Wildman–Crippen MR) is 68.3 cm³/mol. The fraction of sp³-hybridized carbons (Fsp3) is 0.800. The van der Waals surface area contributed by atoms with Crippen molar-refractivity contribution < 1.29 is 9.53 Å². The Hall–Kier alpha value is -1.15. The van der Waals surface area contributed by atoms with Gasteiger partial charge in [0.2, 0.25) is 5.16 Å². The fourth-order valence-corrected chi connectivity index (χ4v) is 2.22. The van der Waals surface area contributed by atoms with Crippen LogP contribution in [0.4, 0.5) is 0 Å². The van der Waals surface area contributed by atoms with Crippen molar-refractivity contribution in [1.82, 2.24) is 25.5 Å². The Morgan fingerprint density at radius 3 is 2.94 bits per heavy atom. The molecule has 0 radical (unpaired) electrons. The minimum atomic E-state index is -0.260. The molecule has 0 bridgehead atoms. The molecule has 102 valence electrons. The van der Waals surface area contributed by atoms with Gasteiger partial charge in [-0.25, -0.2) is 4.68 Å². The van der Waals surface area contributed by atoms with Gasteiger partial charge >= 0.3 is 5.97 Å². The highest BCUT2D eigenvalue weighted by atomic mass is 32.2. The lowest BCUT2D eigenvalue weighted by Crippen LogP contribution is -2.21. The van der Waals surface area contributed by atoms with Crippen molar-refractivity contribution >= 4 is 17.7 Å². The summed E-state index contributed by atoms with van der Waals surface area (Å²) in [6.45, 7) is 5.57. The Morgan fingerprint density at radius 2 is 2.33 bits per heavy atom. The maximum Gasteiger partial charge on any atom is 0.319 e. The van der Waals surface area contributed by atoms with Crippen LogP contribution in [0.2, 0.25) is 0 Å². The molecule has 0 aliphatic carbocycles. The number of hydrogen-bond acceptors (Lipinski definition) is 7. The highest BCUT2D eigenvalue weighted by Crippen LogP contribution is 2.23. The molecule has 1 aromatic rings. The number of carbonyl (C=O) groups is 1. The number of ether oxygens (including phenoxy) is 1. The monoisotopic (exact) mass is 273 g/mol. The molecular weight excluding hydrogens is 254 g/mol. The van der Waals surface area contributed by atoms with Crippen LogP contribution in [0.1, 0.15) is 20.3 Å². The van der Waals surface area contributed by atoms with E-state index in [0.717, 1.165) is 6.54 Å². The Morgan fingerprint density at radius 1 is 1.56 bits per heavy atom. The first-order valence-corrected chi connectivity index (χ1v) is 6.84. The van der Waals surface area contributed by atoms with Crippen LogP contribution in [0.25, 0.3) is 0 Å². The quantitative estimate of drug-likeness (QED) is 0.539. The summed E-state index contributed by atoms with van der Waals surface area (Å²) in [7, 11) is 1.87. The highest BCUT2D eigenvalue weighted by molar-refractivity contribution is 8.00. The van der Waals surface area contributed by atoms with Crippen LogP contribution in [0.5, 0.6) is 0 Å². The second-order valence-corrected chi connectivity index (χ2v) is 4.72. The molecule has 0 spiro atoms. The first kappa shape index (κ1) is 14.9. The number of likely N-dealkylation sites (N-methyl/N-ethyl adjacent to an activating group) is 1. The molecular formula is C10H19N5O2S. The van der Waals surface area contributed by atoms with Crippen LogP contribution >= 0.6 is 11.8 Å². The second-order valence-electron chi connectivity index (χ2n) is 3.55. The van der Waals surface area contributed by atoms with E-state index in [9.17, 15) is 4.79 Å². The van der Waals surface area contributed by atoms with Gasteiger partial charge in [0.1, 0.15) is 5.25 Å². The third-order valence-corrected chi connectivity index (χ3v) is 3.55. The molecule has 1 rings (SSSR count). The number of hydrogen-bond donors (Lipinski definition) is 1. The molecule has 1 atom stereocenters. The Balaban J connectivity index is 2.63. The summed E-state index contributed by atoms with van der Waals surface area (Å²) in [5.74, 6) is -0.215. The molecule has 1 unspecified atom stereocenters. The number of aromatic nitrogens is 4. The van der Waals surface area contributed by atoms with Crippen molar-refractivity contribution in [3.63, 3.8) is 0 Å². The second kappa shape index (κ2) is 8.04. The number of carbonyl (C=O) groups excluding carboxylic acids is 1. The number of thioether (sulfide) groups is 1. The van der Waals surface area contributed by atoms with Crippen LogP contribution < -0.4 is 5.32 Å². The summed E-state index contributed by atoms with van der Waals surface area (Å²) in [5, 5.41) is 14.9. The summed E-state index contributed by atoms with van der Waals surface area (Å²) in [4.78, 5) is 11.7. The Labute approximate surface area is 111 Å². The molecule has 0 fully saturated rings. The van der Waals surface area contributed by atoms with Crippen LogP contribution in [0.15, 0.2) is 5.16 Å². The van der Waals surface area contributed by atoms with Gasteiger partial charge in [0, 0.05) is 6.54 Å². The summed E-state index contributed by atoms with van der Waals surface area (Å²) < 4.78 is 6.70. The van der Waals surface area contributed by atoms with Crippen molar-refractivity contribution in [1.29, 1.82) is 0 Å². The van der Waals surface area contributed by atoms with Crippen molar-refractivity contribution in [3.05, 3.63) is 0 Å². The van der Waals surface area contributed by atoms with Gasteiger partial charge in [-0.15, -0.1) is 5.10 Å². The van der Waals surface area contributed by atoms with Gasteiger partial charge in [-0.2, -0.15) is 0 Å². The molecule has 1 N–H and O–H groups in total. The van der Waals surface area contributed by atoms with E-state index in [1.807, 2.05) is 14.0 Å². The lowest BCUT2D eigenvalue weighted by atomic mass is 10.3. The maximum atomic E-state index is 11.7. The smallest absolute Gasteiger partial charge is 0.319 e. The van der Waals surface area contributed by atoms with Crippen LogP contribution in [0.3, 0.4) is 0 Å². The number of tetrazole rings is 1. The normalized spacial score (nSPS) is 12.4. The summed E-state index contributed by atoms with van der Waals surface area (Å²) >= 11 is 1.35. The van der Waals surface area contributed by atoms with Gasteiger partial charge in [0.05, 0.1) is 13.2 Å². The van der Waals surface area contributed by atoms with Crippen molar-refractivity contribution in [2.75, 3.05) is 20.2 Å². The third-order valence-electron chi connectivity index (χ3n) is 2.24. The summed E-state index contributed by atoms with van der Waals surface area (Å²) in [6, 6.07) is 0. The molecule has 0 saturated heterocycles. The number of nitrogens with one attached hydrogen (secondary N) is 1. The average molecular weight is 273 g/mol. The van der Waals surface area contributed by atoms with Crippen molar-refractivity contribution in [2.24, 2.45) is 0 Å². The Kier molecular flexibility index (Phi) is 6.66. The van der Waals surface area contributed by atoms with E-state index >= 15 is 0 Å². The maximum absolute atomic E-state index is 11.7. The molecule has 1 aromatic heterocycles. The zero-order valence-electron chi connectivity index (χ0n) is 10.9. The number of esters is 1. The first-order chi connectivity index (χ1) is 8.72. The minimum absolute atomic E-state index is 0.215. The molecule has 0 aliphatic heterocycles. The molecule has 0 amide bonds. The number of nitrogens with zero attached hydrogens (tertiary/aromatic N) is 4. The lowest BCUT2D eigenvalue weighted by molar-refractivity contribution is -0.142. The van der Waals surface area contributed by atoms with Gasteiger partial charge in [0.15, 0.2) is 0 Å². The van der Waals surface area contributed by atoms with Crippen LogP contribution in [0, 0.1) is 0 Å². The number of rotatable bonds is 8. The zero-order chi connectivity index (χ0) is 13.4. The fourth-order valence-electron chi connectivity index (χ4n) is 1.30. The Bertz CT molecular complexity index is 371. The SMILES string of the molecule is CCOC(=O)C(CC)Sc1nnnn1CCNC. The van der Waals surface area contributed by atoms with E-state index in [4.69, 9.17) is 4.74 Å². The van der Waals surface area contributed by atoms with Crippen LogP contribution in [-0.2, 0) is 16.1 Å². The van der Waals surface area contributed by atoms with Crippen molar-refractivity contribution in [3.8, 4) is 0 Å². The zero-order valence-corrected chi connectivity index (χ0v) is 11.7. The molecule has 0 aliphatic rings. The molecule has 0 aromatic carbocycles. The summed E-state index contributed by atoms with van der Waals surface area (Å²) in [6.07, 6.45) is 0.683. The van der Waals surface area contributed by atoms with E-state index < -0.39 is 0 Å².